The molecule has 2 heterocycles. The molecule has 10 heteroatoms. The summed E-state index contributed by atoms with van der Waals surface area (Å²) < 4.78 is 11.1. The SMILES string of the molecule is O=C(COc1ccccc1)N[C@H]1CON(OC(=O)C2(C(c3ccccc3)c3ccccc3)CCC(=O)O2)C1=O. The highest BCUT2D eigenvalue weighted by Crippen LogP contribution is 2.45. The van der Waals surface area contributed by atoms with Crippen LogP contribution in [0, 0.1) is 0 Å². The molecule has 2 saturated heterocycles. The van der Waals surface area contributed by atoms with Gasteiger partial charge in [0.15, 0.2) is 6.61 Å². The molecule has 2 amide bonds. The summed E-state index contributed by atoms with van der Waals surface area (Å²) in [6.45, 7) is -0.570. The Morgan fingerprint density at radius 2 is 1.51 bits per heavy atom. The highest BCUT2D eigenvalue weighted by Gasteiger charge is 2.57. The fourth-order valence-corrected chi connectivity index (χ4v) is 4.71. The smallest absolute Gasteiger partial charge is 0.379 e. The Morgan fingerprint density at radius 3 is 2.08 bits per heavy atom. The van der Waals surface area contributed by atoms with Crippen molar-refractivity contribution in [3.63, 3.8) is 0 Å². The van der Waals surface area contributed by atoms with Gasteiger partial charge in [-0.05, 0) is 28.5 Å². The van der Waals surface area contributed by atoms with Crippen LogP contribution in [0.4, 0.5) is 0 Å². The maximum absolute atomic E-state index is 13.7. The quantitative estimate of drug-likeness (QED) is 0.420. The normalized spacial score (nSPS) is 20.5. The molecule has 3 aromatic carbocycles. The van der Waals surface area contributed by atoms with Crippen molar-refractivity contribution in [3.05, 3.63) is 102 Å². The zero-order valence-electron chi connectivity index (χ0n) is 20.9. The van der Waals surface area contributed by atoms with Crippen molar-refractivity contribution < 1.29 is 38.3 Å². The molecule has 0 saturated carbocycles. The number of para-hydroxylation sites is 1. The first-order valence-corrected chi connectivity index (χ1v) is 12.4. The number of hydrogen-bond donors (Lipinski definition) is 1. The molecule has 2 fully saturated rings. The molecule has 5 rings (SSSR count). The molecule has 10 nitrogen and oxygen atoms in total. The van der Waals surface area contributed by atoms with E-state index in [1.54, 1.807) is 24.3 Å². The molecule has 3 aromatic rings. The highest BCUT2D eigenvalue weighted by atomic mass is 17.0. The molecule has 39 heavy (non-hydrogen) atoms. The molecule has 2 aliphatic rings. The summed E-state index contributed by atoms with van der Waals surface area (Å²) in [6.07, 6.45) is 0.0400. The molecular formula is C29H26N2O8. The van der Waals surface area contributed by atoms with E-state index >= 15 is 0 Å². The number of esters is 1. The minimum atomic E-state index is -1.74. The summed E-state index contributed by atoms with van der Waals surface area (Å²) in [5.41, 5.74) is -0.283. The fourth-order valence-electron chi connectivity index (χ4n) is 4.71. The molecule has 2 aliphatic heterocycles. The third kappa shape index (κ3) is 5.60. The number of carbonyl (C=O) groups excluding carboxylic acids is 4. The van der Waals surface area contributed by atoms with Crippen LogP contribution in [0.15, 0.2) is 91.0 Å². The molecule has 2 atom stereocenters. The molecule has 0 aromatic heterocycles. The first-order valence-electron chi connectivity index (χ1n) is 12.4. The lowest BCUT2D eigenvalue weighted by Gasteiger charge is -2.34. The zero-order chi connectivity index (χ0) is 27.2. The Kier molecular flexibility index (Phi) is 7.55. The van der Waals surface area contributed by atoms with Crippen molar-refractivity contribution in [1.29, 1.82) is 0 Å². The number of nitrogens with one attached hydrogen (secondary N) is 1. The van der Waals surface area contributed by atoms with Crippen molar-refractivity contribution in [1.82, 2.24) is 10.5 Å². The van der Waals surface area contributed by atoms with Gasteiger partial charge in [0.1, 0.15) is 18.4 Å². The zero-order valence-corrected chi connectivity index (χ0v) is 20.9. The second-order valence-corrected chi connectivity index (χ2v) is 9.11. The van der Waals surface area contributed by atoms with E-state index in [1.807, 2.05) is 66.7 Å². The maximum Gasteiger partial charge on any atom is 0.379 e. The summed E-state index contributed by atoms with van der Waals surface area (Å²) in [6, 6.07) is 26.0. The molecule has 1 N–H and O–H groups in total. The van der Waals surface area contributed by atoms with E-state index in [1.165, 1.54) is 0 Å². The van der Waals surface area contributed by atoms with Crippen molar-refractivity contribution in [2.75, 3.05) is 13.2 Å². The van der Waals surface area contributed by atoms with Gasteiger partial charge in [0.2, 0.25) is 5.60 Å². The Bertz CT molecular complexity index is 1300. The van der Waals surface area contributed by atoms with Gasteiger partial charge in [-0.3, -0.25) is 14.4 Å². The number of cyclic esters (lactones) is 1. The van der Waals surface area contributed by atoms with Gasteiger partial charge in [-0.2, -0.15) is 0 Å². The lowest BCUT2D eigenvalue weighted by atomic mass is 9.76. The number of hydroxylamine groups is 2. The summed E-state index contributed by atoms with van der Waals surface area (Å²) in [5.74, 6) is -3.06. The third-order valence-corrected chi connectivity index (χ3v) is 6.52. The molecule has 0 aliphatic carbocycles. The second-order valence-electron chi connectivity index (χ2n) is 9.11. The second kappa shape index (κ2) is 11.4. The average molecular weight is 531 g/mol. The largest absolute Gasteiger partial charge is 0.484 e. The lowest BCUT2D eigenvalue weighted by molar-refractivity contribution is -0.310. The standard InChI is InChI=1S/C29H26N2O8/c32-24(19-36-22-14-8-3-9-15-22)30-23-18-37-31(27(23)34)39-28(35)29(17-16-25(33)38-29)26(20-10-4-1-5-11-20)21-12-6-2-7-13-21/h1-15,23,26H,16-19H2,(H,30,32)/t23-,29?/m0/s1. The van der Waals surface area contributed by atoms with Gasteiger partial charge in [0.05, 0.1) is 5.92 Å². The Labute approximate surface area is 224 Å². The molecule has 0 bridgehead atoms. The van der Waals surface area contributed by atoms with Crippen LogP contribution in [0.1, 0.15) is 29.9 Å². The number of amides is 2. The van der Waals surface area contributed by atoms with Gasteiger partial charge in [-0.15, -0.1) is 0 Å². The van der Waals surface area contributed by atoms with Crippen LogP contribution < -0.4 is 10.1 Å². The minimum absolute atomic E-state index is 0.000166. The van der Waals surface area contributed by atoms with E-state index in [2.05, 4.69) is 5.32 Å². The Balaban J connectivity index is 1.31. The number of ether oxygens (including phenoxy) is 2. The average Bonchev–Trinajstić information content (AvgIpc) is 3.52. The first-order chi connectivity index (χ1) is 19.0. The summed E-state index contributed by atoms with van der Waals surface area (Å²) in [7, 11) is 0. The van der Waals surface area contributed by atoms with Crippen molar-refractivity contribution in [2.45, 2.75) is 30.4 Å². The predicted octanol–water partition coefficient (Wildman–Crippen LogP) is 2.69. The maximum atomic E-state index is 13.7. The van der Waals surface area contributed by atoms with E-state index in [-0.39, 0.29) is 26.1 Å². The van der Waals surface area contributed by atoms with Crippen molar-refractivity contribution >= 4 is 23.8 Å². The van der Waals surface area contributed by atoms with Crippen LogP contribution in [0.25, 0.3) is 0 Å². The lowest BCUT2D eigenvalue weighted by Crippen LogP contribution is -2.50. The van der Waals surface area contributed by atoms with Crippen LogP contribution in [-0.2, 0) is 33.6 Å². The summed E-state index contributed by atoms with van der Waals surface area (Å²) in [5, 5.41) is 2.94. The molecule has 0 radical (unpaired) electrons. The number of nitrogens with zero attached hydrogens (tertiary/aromatic N) is 1. The third-order valence-electron chi connectivity index (χ3n) is 6.52. The van der Waals surface area contributed by atoms with E-state index in [0.29, 0.717) is 11.0 Å². The van der Waals surface area contributed by atoms with Crippen LogP contribution >= 0.6 is 0 Å². The van der Waals surface area contributed by atoms with Gasteiger partial charge >= 0.3 is 17.8 Å². The number of carbonyl (C=O) groups is 4. The predicted molar refractivity (Wildman–Crippen MR) is 136 cm³/mol. The monoisotopic (exact) mass is 530 g/mol. The van der Waals surface area contributed by atoms with E-state index in [0.717, 1.165) is 11.1 Å². The summed E-state index contributed by atoms with van der Waals surface area (Å²) in [4.78, 5) is 62.0. The Hall–Kier alpha value is -4.70. The van der Waals surface area contributed by atoms with E-state index < -0.39 is 41.3 Å². The number of benzene rings is 3. The van der Waals surface area contributed by atoms with Crippen LogP contribution in [0.2, 0.25) is 0 Å². The van der Waals surface area contributed by atoms with Gasteiger partial charge in [0, 0.05) is 12.8 Å². The molecule has 0 spiro atoms. The van der Waals surface area contributed by atoms with Gasteiger partial charge in [0.25, 0.3) is 5.91 Å². The Morgan fingerprint density at radius 1 is 0.923 bits per heavy atom. The van der Waals surface area contributed by atoms with Crippen molar-refractivity contribution in [3.8, 4) is 5.75 Å². The van der Waals surface area contributed by atoms with Gasteiger partial charge in [-0.1, -0.05) is 78.9 Å². The molecule has 1 unspecified atom stereocenters. The molecular weight excluding hydrogens is 504 g/mol. The van der Waals surface area contributed by atoms with E-state index in [4.69, 9.17) is 19.1 Å². The number of rotatable bonds is 9. The van der Waals surface area contributed by atoms with Gasteiger partial charge < -0.3 is 19.6 Å². The topological polar surface area (TPSA) is 120 Å². The van der Waals surface area contributed by atoms with Crippen molar-refractivity contribution in [2.24, 2.45) is 0 Å². The van der Waals surface area contributed by atoms with Crippen LogP contribution in [-0.4, -0.2) is 53.8 Å². The first kappa shape index (κ1) is 25.9. The summed E-state index contributed by atoms with van der Waals surface area (Å²) >= 11 is 0. The van der Waals surface area contributed by atoms with Gasteiger partial charge in [-0.25, -0.2) is 9.63 Å². The molecule has 200 valence electrons. The fraction of sp³-hybridized carbons (Fsp3) is 0.241. The number of hydrogen-bond acceptors (Lipinski definition) is 8. The minimum Gasteiger partial charge on any atom is -0.484 e. The van der Waals surface area contributed by atoms with Crippen LogP contribution in [0.3, 0.4) is 0 Å². The van der Waals surface area contributed by atoms with E-state index in [9.17, 15) is 19.2 Å². The highest BCUT2D eigenvalue weighted by molar-refractivity contribution is 5.92. The van der Waals surface area contributed by atoms with Crippen LogP contribution in [0.5, 0.6) is 5.75 Å².